The Balaban J connectivity index is 1.73. The van der Waals surface area contributed by atoms with E-state index in [0.717, 1.165) is 25.7 Å². The van der Waals surface area contributed by atoms with Crippen LogP contribution in [0.4, 0.5) is 5.69 Å². The summed E-state index contributed by atoms with van der Waals surface area (Å²) in [5, 5.41) is 3.51. The Labute approximate surface area is 179 Å². The van der Waals surface area contributed by atoms with Crippen LogP contribution in [-0.2, 0) is 9.59 Å². The third-order valence-corrected chi connectivity index (χ3v) is 6.31. The lowest BCUT2D eigenvalue weighted by Crippen LogP contribution is -2.49. The number of carbonyl (C=O) groups excluding carboxylic acids is 2. The van der Waals surface area contributed by atoms with Crippen LogP contribution in [0.1, 0.15) is 50.6 Å². The highest BCUT2D eigenvalue weighted by Crippen LogP contribution is 2.44. The summed E-state index contributed by atoms with van der Waals surface area (Å²) in [4.78, 5) is 41.3. The van der Waals surface area contributed by atoms with E-state index >= 15 is 0 Å². The molecule has 6 nitrogen and oxygen atoms in total. The number of benzene rings is 2. The summed E-state index contributed by atoms with van der Waals surface area (Å²) in [5.74, 6) is -0.268. The first-order chi connectivity index (χ1) is 15.1. The van der Waals surface area contributed by atoms with Crippen LogP contribution in [0.2, 0.25) is 0 Å². The quantitative estimate of drug-likeness (QED) is 0.675. The lowest BCUT2D eigenvalue weighted by molar-refractivity contribution is -0.126. The predicted octanol–water partition coefficient (Wildman–Crippen LogP) is 4.32. The fourth-order valence-electron chi connectivity index (χ4n) is 4.88. The van der Waals surface area contributed by atoms with Crippen molar-refractivity contribution in [3.05, 3.63) is 64.3 Å². The average Bonchev–Trinajstić information content (AvgIpc) is 2.79. The zero-order chi connectivity index (χ0) is 21.5. The minimum Gasteiger partial charge on any atom is -0.455 e. The van der Waals surface area contributed by atoms with Gasteiger partial charge in [0.25, 0.3) is 0 Å². The molecule has 2 aliphatic rings. The standard InChI is InChI=1S/C25H24N2O4/c1-15(28)27-19-13-7-5-11-17(19)24-21(23(29)18-12-6-8-14-20(18)31-24)22(27)25(30)26-16-9-3-2-4-10-16/h5-8,11-14,16,22H,2-4,9-10H2,1H3,(H,26,30). The molecule has 1 saturated carbocycles. The number of carbonyl (C=O) groups is 2. The molecule has 1 aliphatic carbocycles. The largest absolute Gasteiger partial charge is 0.455 e. The Hall–Kier alpha value is -3.41. The van der Waals surface area contributed by atoms with Crippen molar-refractivity contribution in [2.24, 2.45) is 0 Å². The van der Waals surface area contributed by atoms with Crippen molar-refractivity contribution in [3.63, 3.8) is 0 Å². The summed E-state index contributed by atoms with van der Waals surface area (Å²) >= 11 is 0. The van der Waals surface area contributed by atoms with Gasteiger partial charge in [-0.15, -0.1) is 0 Å². The molecule has 0 bridgehead atoms. The van der Waals surface area contributed by atoms with Crippen LogP contribution >= 0.6 is 0 Å². The van der Waals surface area contributed by atoms with Crippen LogP contribution in [0.3, 0.4) is 0 Å². The fourth-order valence-corrected chi connectivity index (χ4v) is 4.88. The zero-order valence-electron chi connectivity index (χ0n) is 17.4. The second kappa shape index (κ2) is 7.69. The van der Waals surface area contributed by atoms with Gasteiger partial charge in [-0.3, -0.25) is 19.3 Å². The number of amides is 2. The monoisotopic (exact) mass is 416 g/mol. The average molecular weight is 416 g/mol. The molecule has 2 aromatic carbocycles. The third-order valence-electron chi connectivity index (χ3n) is 6.31. The Morgan fingerprint density at radius 2 is 1.71 bits per heavy atom. The summed E-state index contributed by atoms with van der Waals surface area (Å²) < 4.78 is 6.17. The fraction of sp³-hybridized carbons (Fsp3) is 0.320. The molecular weight excluding hydrogens is 392 g/mol. The van der Waals surface area contributed by atoms with E-state index in [2.05, 4.69) is 5.32 Å². The van der Waals surface area contributed by atoms with Gasteiger partial charge in [0.05, 0.1) is 16.6 Å². The molecule has 0 saturated heterocycles. The molecule has 2 heterocycles. The van der Waals surface area contributed by atoms with E-state index in [-0.39, 0.29) is 28.8 Å². The molecule has 0 radical (unpaired) electrons. The van der Waals surface area contributed by atoms with Crippen LogP contribution in [0, 0.1) is 0 Å². The van der Waals surface area contributed by atoms with Crippen molar-refractivity contribution in [1.29, 1.82) is 0 Å². The maximum absolute atomic E-state index is 13.6. The van der Waals surface area contributed by atoms with Crippen molar-refractivity contribution in [2.45, 2.75) is 51.1 Å². The van der Waals surface area contributed by atoms with Gasteiger partial charge in [-0.25, -0.2) is 0 Å². The van der Waals surface area contributed by atoms with Gasteiger partial charge in [0, 0.05) is 18.5 Å². The first-order valence-electron chi connectivity index (χ1n) is 10.8. The van der Waals surface area contributed by atoms with Crippen LogP contribution in [0.5, 0.6) is 0 Å². The van der Waals surface area contributed by atoms with Crippen molar-refractivity contribution >= 4 is 28.5 Å². The smallest absolute Gasteiger partial charge is 0.248 e. The zero-order valence-corrected chi connectivity index (χ0v) is 17.4. The molecule has 1 aliphatic heterocycles. The van der Waals surface area contributed by atoms with Crippen LogP contribution in [0.15, 0.2) is 57.7 Å². The van der Waals surface area contributed by atoms with E-state index in [9.17, 15) is 14.4 Å². The lowest BCUT2D eigenvalue weighted by Gasteiger charge is -2.37. The molecule has 1 fully saturated rings. The van der Waals surface area contributed by atoms with Gasteiger partial charge < -0.3 is 9.73 Å². The number of rotatable bonds is 2. The Bertz CT molecular complexity index is 1240. The summed E-state index contributed by atoms with van der Waals surface area (Å²) in [6, 6.07) is 13.3. The second-order valence-corrected chi connectivity index (χ2v) is 8.32. The van der Waals surface area contributed by atoms with Crippen molar-refractivity contribution < 1.29 is 14.0 Å². The molecule has 5 rings (SSSR count). The topological polar surface area (TPSA) is 79.6 Å². The van der Waals surface area contributed by atoms with Crippen LogP contribution in [-0.4, -0.2) is 17.9 Å². The number of para-hydroxylation sites is 2. The summed E-state index contributed by atoms with van der Waals surface area (Å²) in [6.07, 6.45) is 5.13. The van der Waals surface area contributed by atoms with Gasteiger partial charge in [-0.05, 0) is 37.1 Å². The Morgan fingerprint density at radius 3 is 2.48 bits per heavy atom. The third kappa shape index (κ3) is 3.23. The minimum atomic E-state index is -1.06. The predicted molar refractivity (Wildman–Crippen MR) is 119 cm³/mol. The Kier molecular flexibility index (Phi) is 4.85. The molecule has 158 valence electrons. The van der Waals surface area contributed by atoms with E-state index in [1.54, 1.807) is 24.3 Å². The van der Waals surface area contributed by atoms with Gasteiger partial charge in [0.1, 0.15) is 17.4 Å². The maximum Gasteiger partial charge on any atom is 0.248 e. The number of nitrogens with one attached hydrogen (secondary N) is 1. The number of nitrogens with zero attached hydrogens (tertiary/aromatic N) is 1. The molecular formula is C25H24N2O4. The molecule has 1 atom stereocenters. The van der Waals surface area contributed by atoms with Crippen molar-refractivity contribution in [2.75, 3.05) is 4.90 Å². The molecule has 2 amide bonds. The van der Waals surface area contributed by atoms with E-state index < -0.39 is 6.04 Å². The SMILES string of the molecule is CC(=O)N1c2ccccc2-c2oc3ccccc3c(=O)c2C1C(=O)NC1CCCCC1. The molecule has 1 unspecified atom stereocenters. The van der Waals surface area contributed by atoms with E-state index in [1.165, 1.54) is 18.2 Å². The highest BCUT2D eigenvalue weighted by Gasteiger charge is 2.42. The number of hydrogen-bond acceptors (Lipinski definition) is 4. The normalized spacial score (nSPS) is 18.4. The minimum absolute atomic E-state index is 0.0585. The summed E-state index contributed by atoms with van der Waals surface area (Å²) in [5.41, 5.74) is 1.62. The number of anilines is 1. The van der Waals surface area contributed by atoms with Gasteiger partial charge in [-0.1, -0.05) is 43.5 Å². The molecule has 31 heavy (non-hydrogen) atoms. The highest BCUT2D eigenvalue weighted by atomic mass is 16.3. The summed E-state index contributed by atoms with van der Waals surface area (Å²) in [7, 11) is 0. The number of hydrogen-bond donors (Lipinski definition) is 1. The molecule has 6 heteroatoms. The van der Waals surface area contributed by atoms with Gasteiger partial charge >= 0.3 is 0 Å². The van der Waals surface area contributed by atoms with E-state index in [0.29, 0.717) is 28.0 Å². The van der Waals surface area contributed by atoms with Crippen LogP contribution in [0.25, 0.3) is 22.3 Å². The second-order valence-electron chi connectivity index (χ2n) is 8.32. The lowest BCUT2D eigenvalue weighted by atomic mass is 9.90. The van der Waals surface area contributed by atoms with Gasteiger partial charge in [0.15, 0.2) is 5.43 Å². The van der Waals surface area contributed by atoms with E-state index in [1.807, 2.05) is 24.3 Å². The molecule has 0 spiro atoms. The van der Waals surface area contributed by atoms with Gasteiger partial charge in [0.2, 0.25) is 11.8 Å². The Morgan fingerprint density at radius 1 is 1.00 bits per heavy atom. The maximum atomic E-state index is 13.6. The van der Waals surface area contributed by atoms with Gasteiger partial charge in [-0.2, -0.15) is 0 Å². The molecule has 1 aromatic heterocycles. The van der Waals surface area contributed by atoms with Crippen LogP contribution < -0.4 is 15.6 Å². The molecule has 3 aromatic rings. The summed E-state index contributed by atoms with van der Waals surface area (Å²) in [6.45, 7) is 1.42. The van der Waals surface area contributed by atoms with Crippen molar-refractivity contribution in [3.8, 4) is 11.3 Å². The number of fused-ring (bicyclic) bond motifs is 4. The first kappa shape index (κ1) is 19.5. The van der Waals surface area contributed by atoms with Crippen molar-refractivity contribution in [1.82, 2.24) is 5.32 Å². The highest BCUT2D eigenvalue weighted by molar-refractivity contribution is 6.06. The first-order valence-corrected chi connectivity index (χ1v) is 10.8. The van der Waals surface area contributed by atoms with E-state index in [4.69, 9.17) is 4.42 Å². The molecule has 1 N–H and O–H groups in total.